The number of hydrogen-bond donors (Lipinski definition) is 1. The summed E-state index contributed by atoms with van der Waals surface area (Å²) in [7, 11) is 2.49. The summed E-state index contributed by atoms with van der Waals surface area (Å²) < 4.78 is 1.33. The van der Waals surface area contributed by atoms with Crippen LogP contribution in [0.4, 0.5) is 0 Å². The zero-order valence-corrected chi connectivity index (χ0v) is 16.3. The quantitative estimate of drug-likeness (QED) is 0.417. The molecule has 140 valence electrons. The number of carboxylic acids is 1. The predicted molar refractivity (Wildman–Crippen MR) is 96.0 cm³/mol. The van der Waals surface area contributed by atoms with Crippen molar-refractivity contribution < 1.29 is 19.5 Å². The summed E-state index contributed by atoms with van der Waals surface area (Å²) >= 11 is 0. The molecule has 0 saturated carbocycles. The third-order valence-corrected chi connectivity index (χ3v) is 4.25. The Bertz CT molecular complexity index is 241. The minimum absolute atomic E-state index is 1.13. The fraction of sp³-hybridized carbons (Fsp3) is 0.947. The molecule has 0 aromatic carbocycles. The number of aliphatic hydroxyl groups excluding tert-OH is 1. The minimum Gasteiger partial charge on any atom is -0.547 e. The third-order valence-electron chi connectivity index (χ3n) is 4.25. The van der Waals surface area contributed by atoms with Crippen molar-refractivity contribution in [3.8, 4) is 0 Å². The number of unbranched alkanes of at least 4 members (excludes halogenated alkanes) is 6. The molecule has 0 amide bonds. The van der Waals surface area contributed by atoms with Crippen LogP contribution in [0.2, 0.25) is 0 Å². The van der Waals surface area contributed by atoms with Crippen LogP contribution in [0.3, 0.4) is 0 Å². The summed E-state index contributed by atoms with van der Waals surface area (Å²) in [5.74, 6) is -1.44. The molecule has 0 aromatic rings. The van der Waals surface area contributed by atoms with E-state index in [0.717, 1.165) is 6.92 Å². The van der Waals surface area contributed by atoms with Crippen molar-refractivity contribution in [3.05, 3.63) is 0 Å². The van der Waals surface area contributed by atoms with E-state index in [9.17, 15) is 9.90 Å². The van der Waals surface area contributed by atoms with Gasteiger partial charge in [0.15, 0.2) is 0 Å². The number of quaternary nitrogens is 1. The third kappa shape index (κ3) is 17.6. The van der Waals surface area contributed by atoms with Crippen LogP contribution >= 0.6 is 0 Å². The van der Waals surface area contributed by atoms with E-state index >= 15 is 0 Å². The van der Waals surface area contributed by atoms with Crippen molar-refractivity contribution in [2.45, 2.75) is 91.6 Å². The predicted octanol–water partition coefficient (Wildman–Crippen LogP) is 3.12. The van der Waals surface area contributed by atoms with Crippen LogP contribution in [-0.2, 0) is 4.79 Å². The Kier molecular flexibility index (Phi) is 17.4. The molecule has 0 heterocycles. The Labute approximate surface area is 144 Å². The number of carboxylic acid groups (broad SMARTS) is 1. The Morgan fingerprint density at radius 1 is 0.870 bits per heavy atom. The molecule has 0 radical (unpaired) electrons. The minimum atomic E-state index is -1.44. The van der Waals surface area contributed by atoms with Crippen LogP contribution in [0.25, 0.3) is 0 Å². The number of carbonyl (C=O) groups excluding carboxylic acids is 1. The van der Waals surface area contributed by atoms with Crippen LogP contribution in [0.1, 0.15) is 85.5 Å². The Hall–Kier alpha value is -0.610. The number of rotatable bonds is 13. The lowest BCUT2D eigenvalue weighted by atomic mass is 10.1. The lowest BCUT2D eigenvalue weighted by Gasteiger charge is -2.35. The zero-order chi connectivity index (χ0) is 18.1. The highest BCUT2D eigenvalue weighted by atomic mass is 16.4. The van der Waals surface area contributed by atoms with Gasteiger partial charge in [0.25, 0.3) is 0 Å². The largest absolute Gasteiger partial charge is 0.547 e. The van der Waals surface area contributed by atoms with E-state index in [1.165, 1.54) is 81.9 Å². The molecule has 0 bridgehead atoms. The number of hydrogen-bond acceptors (Lipinski definition) is 3. The molecule has 23 heavy (non-hydrogen) atoms. The molecule has 0 spiro atoms. The van der Waals surface area contributed by atoms with Gasteiger partial charge in [0.1, 0.15) is 0 Å². The van der Waals surface area contributed by atoms with Gasteiger partial charge in [-0.05, 0) is 45.4 Å². The molecule has 0 aliphatic heterocycles. The number of aliphatic hydroxyl groups is 1. The van der Waals surface area contributed by atoms with E-state index in [1.807, 2.05) is 0 Å². The maximum absolute atomic E-state index is 9.34. The van der Waals surface area contributed by atoms with Crippen LogP contribution in [0.5, 0.6) is 0 Å². The van der Waals surface area contributed by atoms with Gasteiger partial charge in [0.2, 0.25) is 0 Å². The summed E-state index contributed by atoms with van der Waals surface area (Å²) in [5.41, 5.74) is 0. The normalized spacial score (nSPS) is 12.4. The maximum atomic E-state index is 9.34. The van der Waals surface area contributed by atoms with E-state index in [4.69, 9.17) is 5.11 Å². The van der Waals surface area contributed by atoms with E-state index < -0.39 is 12.1 Å². The molecule has 0 aromatic heterocycles. The second kappa shape index (κ2) is 16.3. The first kappa shape index (κ1) is 24.6. The fourth-order valence-corrected chi connectivity index (χ4v) is 2.57. The summed E-state index contributed by atoms with van der Waals surface area (Å²) in [6.07, 6.45) is 11.2. The standard InChI is InChI=1S/C16H36N.C3H6O3/c1-5-8-11-14-17(4,15-12-9-6-2)16-13-10-7-3;1-2(4)3(5)6/h5-16H2,1-4H3;2,4H,1H3,(H,5,6)/q+1;/p-1. The molecule has 0 rings (SSSR count). The first-order chi connectivity index (χ1) is 10.8. The summed E-state index contributed by atoms with van der Waals surface area (Å²) in [4.78, 5) is 9.34. The zero-order valence-electron chi connectivity index (χ0n) is 16.3. The monoisotopic (exact) mass is 331 g/mol. The molecule has 1 N–H and O–H groups in total. The number of nitrogens with zero attached hydrogens (tertiary/aromatic N) is 1. The maximum Gasteiger partial charge on any atom is 0.0905 e. The molecule has 1 unspecified atom stereocenters. The van der Waals surface area contributed by atoms with Gasteiger partial charge < -0.3 is 19.5 Å². The second-order valence-corrected chi connectivity index (χ2v) is 6.91. The fourth-order valence-electron chi connectivity index (χ4n) is 2.57. The lowest BCUT2D eigenvalue weighted by molar-refractivity contribution is -0.910. The average Bonchev–Trinajstić information content (AvgIpc) is 2.49. The van der Waals surface area contributed by atoms with Crippen molar-refractivity contribution >= 4 is 5.97 Å². The van der Waals surface area contributed by atoms with Gasteiger partial charge in [-0.25, -0.2) is 0 Å². The van der Waals surface area contributed by atoms with Crippen molar-refractivity contribution in [2.75, 3.05) is 26.7 Å². The summed E-state index contributed by atoms with van der Waals surface area (Å²) in [6, 6.07) is 0. The van der Waals surface area contributed by atoms with Gasteiger partial charge in [-0.2, -0.15) is 0 Å². The highest BCUT2D eigenvalue weighted by Gasteiger charge is 2.19. The van der Waals surface area contributed by atoms with E-state index in [1.54, 1.807) is 0 Å². The van der Waals surface area contributed by atoms with Crippen molar-refractivity contribution in [1.29, 1.82) is 0 Å². The number of aliphatic carboxylic acids is 1. The van der Waals surface area contributed by atoms with Crippen LogP contribution in [0, 0.1) is 0 Å². The Balaban J connectivity index is 0. The highest BCUT2D eigenvalue weighted by Crippen LogP contribution is 2.13. The first-order valence-corrected chi connectivity index (χ1v) is 9.55. The number of carbonyl (C=O) groups is 1. The topological polar surface area (TPSA) is 60.4 Å². The molecular weight excluding hydrogens is 290 g/mol. The molecule has 0 fully saturated rings. The second-order valence-electron chi connectivity index (χ2n) is 6.91. The van der Waals surface area contributed by atoms with Gasteiger partial charge >= 0.3 is 0 Å². The highest BCUT2D eigenvalue weighted by molar-refractivity contribution is 5.68. The Morgan fingerprint density at radius 3 is 1.30 bits per heavy atom. The van der Waals surface area contributed by atoms with E-state index in [-0.39, 0.29) is 0 Å². The van der Waals surface area contributed by atoms with Crippen molar-refractivity contribution in [1.82, 2.24) is 0 Å². The van der Waals surface area contributed by atoms with Gasteiger partial charge in [-0.3, -0.25) is 0 Å². The SMILES string of the molecule is CC(O)C(=O)[O-].CCCCC[N+](C)(CCCCC)CCCCC. The Morgan fingerprint density at radius 2 is 1.13 bits per heavy atom. The van der Waals surface area contributed by atoms with Crippen molar-refractivity contribution in [2.24, 2.45) is 0 Å². The van der Waals surface area contributed by atoms with Crippen LogP contribution in [-0.4, -0.2) is 48.3 Å². The molecule has 0 aliphatic carbocycles. The van der Waals surface area contributed by atoms with Crippen molar-refractivity contribution in [3.63, 3.8) is 0 Å². The molecular formula is C19H41NO3. The summed E-state index contributed by atoms with van der Waals surface area (Å²) in [5, 5.41) is 17.3. The molecule has 0 saturated heterocycles. The first-order valence-electron chi connectivity index (χ1n) is 9.55. The molecule has 4 heteroatoms. The average molecular weight is 332 g/mol. The van der Waals surface area contributed by atoms with E-state index in [2.05, 4.69) is 27.8 Å². The van der Waals surface area contributed by atoms with Crippen LogP contribution in [0.15, 0.2) is 0 Å². The lowest BCUT2D eigenvalue weighted by Crippen LogP contribution is -2.46. The van der Waals surface area contributed by atoms with Gasteiger partial charge in [-0.15, -0.1) is 0 Å². The molecule has 4 nitrogen and oxygen atoms in total. The van der Waals surface area contributed by atoms with Gasteiger partial charge in [0, 0.05) is 0 Å². The van der Waals surface area contributed by atoms with Gasteiger partial charge in [-0.1, -0.05) is 40.0 Å². The van der Waals surface area contributed by atoms with Crippen LogP contribution < -0.4 is 5.11 Å². The van der Waals surface area contributed by atoms with Gasteiger partial charge in [0.05, 0.1) is 38.8 Å². The van der Waals surface area contributed by atoms with E-state index in [0.29, 0.717) is 0 Å². The molecule has 1 atom stereocenters. The smallest absolute Gasteiger partial charge is 0.0905 e. The molecule has 0 aliphatic rings. The summed E-state index contributed by atoms with van der Waals surface area (Å²) in [6.45, 7) is 12.3.